The normalized spacial score (nSPS) is 17.7. The van der Waals surface area contributed by atoms with Gasteiger partial charge in [-0.1, -0.05) is 22.9 Å². The van der Waals surface area contributed by atoms with E-state index in [2.05, 4.69) is 15.6 Å². The Labute approximate surface area is 192 Å². The number of fused-ring (bicyclic) bond motifs is 1. The number of benzene rings is 2. The minimum Gasteiger partial charge on any atom is -0.355 e. The molecule has 0 aliphatic carbocycles. The summed E-state index contributed by atoms with van der Waals surface area (Å²) in [5.74, 6) is -0.271. The Morgan fingerprint density at radius 1 is 1.19 bits per heavy atom. The Kier molecular flexibility index (Phi) is 6.50. The van der Waals surface area contributed by atoms with Crippen molar-refractivity contribution in [3.05, 3.63) is 53.1 Å². The number of hydrogen-bond donors (Lipinski definition) is 1. The SMILES string of the molecule is CC(C)n1nnc2cc(CN([C@@H]3CCCCNC3=O)S(=O)(=O)c3ccc(Cl)cc3)ccc21. The van der Waals surface area contributed by atoms with Gasteiger partial charge in [0.2, 0.25) is 15.9 Å². The zero-order valence-electron chi connectivity index (χ0n) is 18.0. The fourth-order valence-electron chi connectivity index (χ4n) is 3.95. The molecule has 0 bridgehead atoms. The first-order valence-electron chi connectivity index (χ1n) is 10.7. The summed E-state index contributed by atoms with van der Waals surface area (Å²) in [6.07, 6.45) is 2.05. The van der Waals surface area contributed by atoms with Crippen molar-refractivity contribution in [1.82, 2.24) is 24.6 Å². The molecular formula is C22H26ClN5O3S. The first-order valence-corrected chi connectivity index (χ1v) is 12.5. The van der Waals surface area contributed by atoms with Crippen LogP contribution in [0.1, 0.15) is 44.7 Å². The van der Waals surface area contributed by atoms with E-state index < -0.39 is 16.1 Å². The van der Waals surface area contributed by atoms with E-state index in [-0.39, 0.29) is 23.4 Å². The third-order valence-electron chi connectivity index (χ3n) is 5.64. The van der Waals surface area contributed by atoms with Crippen molar-refractivity contribution in [3.63, 3.8) is 0 Å². The lowest BCUT2D eigenvalue weighted by molar-refractivity contribution is -0.124. The van der Waals surface area contributed by atoms with E-state index in [9.17, 15) is 13.2 Å². The van der Waals surface area contributed by atoms with Gasteiger partial charge in [-0.05, 0) is 75.1 Å². The van der Waals surface area contributed by atoms with Crippen LogP contribution in [0.25, 0.3) is 11.0 Å². The second-order valence-electron chi connectivity index (χ2n) is 8.26. The molecule has 1 saturated heterocycles. The van der Waals surface area contributed by atoms with Gasteiger partial charge in [0.25, 0.3) is 0 Å². The van der Waals surface area contributed by atoms with E-state index in [1.54, 1.807) is 0 Å². The minimum atomic E-state index is -3.95. The lowest BCUT2D eigenvalue weighted by Gasteiger charge is -2.29. The summed E-state index contributed by atoms with van der Waals surface area (Å²) in [7, 11) is -3.95. The summed E-state index contributed by atoms with van der Waals surface area (Å²) in [6, 6.07) is 11.0. The van der Waals surface area contributed by atoms with Crippen LogP contribution in [0.15, 0.2) is 47.4 Å². The standard InChI is InChI=1S/C22H26ClN5O3S/c1-15(2)28-20-11-6-16(13-19(20)25-26-28)14-27(21-5-3-4-12-24-22(21)29)32(30,31)18-9-7-17(23)8-10-18/h6-11,13,15,21H,3-5,12,14H2,1-2H3,(H,24,29)/t21-/m1/s1. The predicted octanol–water partition coefficient (Wildman–Crippen LogP) is 3.53. The highest BCUT2D eigenvalue weighted by atomic mass is 35.5. The third kappa shape index (κ3) is 4.51. The molecule has 1 N–H and O–H groups in total. The molecule has 0 saturated carbocycles. The van der Waals surface area contributed by atoms with Crippen molar-refractivity contribution < 1.29 is 13.2 Å². The van der Waals surface area contributed by atoms with Gasteiger partial charge in [0.1, 0.15) is 11.6 Å². The van der Waals surface area contributed by atoms with Crippen molar-refractivity contribution in [3.8, 4) is 0 Å². The maximum atomic E-state index is 13.6. The van der Waals surface area contributed by atoms with Crippen LogP contribution < -0.4 is 5.32 Å². The molecule has 1 aliphatic rings. The molecule has 0 radical (unpaired) electrons. The molecule has 0 unspecified atom stereocenters. The number of amides is 1. The molecule has 1 amide bonds. The number of carbonyl (C=O) groups excluding carboxylic acids is 1. The largest absolute Gasteiger partial charge is 0.355 e. The highest BCUT2D eigenvalue weighted by Gasteiger charge is 2.36. The topological polar surface area (TPSA) is 97.2 Å². The lowest BCUT2D eigenvalue weighted by Crippen LogP contribution is -2.48. The van der Waals surface area contributed by atoms with Gasteiger partial charge in [-0.3, -0.25) is 4.79 Å². The summed E-state index contributed by atoms with van der Waals surface area (Å²) in [5.41, 5.74) is 2.30. The van der Waals surface area contributed by atoms with Gasteiger partial charge in [-0.2, -0.15) is 4.31 Å². The first kappa shape index (κ1) is 22.7. The van der Waals surface area contributed by atoms with Crippen molar-refractivity contribution in [2.45, 2.75) is 56.6 Å². The molecule has 1 fully saturated rings. The molecule has 1 aliphatic heterocycles. The Morgan fingerprint density at radius 2 is 1.94 bits per heavy atom. The number of aromatic nitrogens is 3. The Hall–Kier alpha value is -2.49. The number of nitrogens with one attached hydrogen (secondary N) is 1. The average Bonchev–Trinajstić information content (AvgIpc) is 3.07. The predicted molar refractivity (Wildman–Crippen MR) is 123 cm³/mol. The fourth-order valence-corrected chi connectivity index (χ4v) is 5.68. The zero-order chi connectivity index (χ0) is 22.9. The van der Waals surface area contributed by atoms with E-state index in [0.29, 0.717) is 23.5 Å². The number of sulfonamides is 1. The average molecular weight is 476 g/mol. The maximum Gasteiger partial charge on any atom is 0.244 e. The van der Waals surface area contributed by atoms with Crippen LogP contribution in [-0.4, -0.2) is 46.2 Å². The number of hydrogen-bond acceptors (Lipinski definition) is 5. The molecular weight excluding hydrogens is 450 g/mol. The van der Waals surface area contributed by atoms with E-state index >= 15 is 0 Å². The zero-order valence-corrected chi connectivity index (χ0v) is 19.6. The number of halogens is 1. The van der Waals surface area contributed by atoms with Gasteiger partial charge in [0.15, 0.2) is 0 Å². The molecule has 3 aromatic rings. The van der Waals surface area contributed by atoms with Crippen molar-refractivity contribution >= 4 is 38.6 Å². The Balaban J connectivity index is 1.74. The van der Waals surface area contributed by atoms with Crippen molar-refractivity contribution in [1.29, 1.82) is 0 Å². The van der Waals surface area contributed by atoms with E-state index in [1.165, 1.54) is 28.6 Å². The Bertz CT molecular complexity index is 1220. The number of carbonyl (C=O) groups is 1. The quantitative estimate of drug-likeness (QED) is 0.588. The van der Waals surface area contributed by atoms with Crippen LogP contribution in [0.2, 0.25) is 5.02 Å². The molecule has 2 heterocycles. The first-order chi connectivity index (χ1) is 15.3. The van der Waals surface area contributed by atoms with E-state index in [4.69, 9.17) is 11.6 Å². The fraction of sp³-hybridized carbons (Fsp3) is 0.409. The monoisotopic (exact) mass is 475 g/mol. The summed E-state index contributed by atoms with van der Waals surface area (Å²) in [4.78, 5) is 12.9. The second-order valence-corrected chi connectivity index (χ2v) is 10.6. The molecule has 8 nitrogen and oxygen atoms in total. The summed E-state index contributed by atoms with van der Waals surface area (Å²) < 4.78 is 30.4. The number of rotatable bonds is 6. The van der Waals surface area contributed by atoms with Crippen LogP contribution in [0, 0.1) is 0 Å². The van der Waals surface area contributed by atoms with Crippen molar-refractivity contribution in [2.24, 2.45) is 0 Å². The van der Waals surface area contributed by atoms with E-state index in [1.807, 2.05) is 36.7 Å². The lowest BCUT2D eigenvalue weighted by atomic mass is 10.1. The van der Waals surface area contributed by atoms with Crippen LogP contribution >= 0.6 is 11.6 Å². The van der Waals surface area contributed by atoms with Gasteiger partial charge in [0.05, 0.1) is 10.4 Å². The molecule has 1 atom stereocenters. The summed E-state index contributed by atoms with van der Waals surface area (Å²) in [6.45, 7) is 4.64. The molecule has 170 valence electrons. The van der Waals surface area contributed by atoms with Gasteiger partial charge < -0.3 is 5.32 Å². The van der Waals surface area contributed by atoms with Gasteiger partial charge >= 0.3 is 0 Å². The van der Waals surface area contributed by atoms with Gasteiger partial charge in [0, 0.05) is 24.2 Å². The smallest absolute Gasteiger partial charge is 0.244 e. The van der Waals surface area contributed by atoms with E-state index in [0.717, 1.165) is 23.9 Å². The third-order valence-corrected chi connectivity index (χ3v) is 7.76. The van der Waals surface area contributed by atoms with Crippen LogP contribution in [0.4, 0.5) is 0 Å². The van der Waals surface area contributed by atoms with Crippen molar-refractivity contribution in [2.75, 3.05) is 6.54 Å². The molecule has 1 aromatic heterocycles. The van der Waals surface area contributed by atoms with Crippen LogP contribution in [0.3, 0.4) is 0 Å². The van der Waals surface area contributed by atoms with Crippen LogP contribution in [0.5, 0.6) is 0 Å². The minimum absolute atomic E-state index is 0.0491. The maximum absolute atomic E-state index is 13.6. The highest BCUT2D eigenvalue weighted by molar-refractivity contribution is 7.89. The summed E-state index contributed by atoms with van der Waals surface area (Å²) in [5, 5.41) is 11.7. The molecule has 32 heavy (non-hydrogen) atoms. The van der Waals surface area contributed by atoms with Gasteiger partial charge in [-0.15, -0.1) is 5.10 Å². The molecule has 2 aromatic carbocycles. The molecule has 0 spiro atoms. The molecule has 4 rings (SSSR count). The summed E-state index contributed by atoms with van der Waals surface area (Å²) >= 11 is 5.96. The Morgan fingerprint density at radius 3 is 2.66 bits per heavy atom. The highest BCUT2D eigenvalue weighted by Crippen LogP contribution is 2.27. The van der Waals surface area contributed by atoms with Gasteiger partial charge in [-0.25, -0.2) is 13.1 Å². The van der Waals surface area contributed by atoms with Crippen LogP contribution in [-0.2, 0) is 21.4 Å². The second kappa shape index (κ2) is 9.17. The number of nitrogens with zero attached hydrogens (tertiary/aromatic N) is 4. The molecule has 10 heteroatoms.